The molecule has 1 rings (SSSR count). The molecule has 3 amide bonds. The minimum atomic E-state index is -0.835. The number of aliphatic hydroxyl groups is 1. The monoisotopic (exact) mass is 430 g/mol. The second kappa shape index (κ2) is 12.9. The number of imide groups is 1. The highest BCUT2D eigenvalue weighted by molar-refractivity contribution is 8.00. The minimum Gasteiger partial charge on any atom is -0.378 e. The van der Waals surface area contributed by atoms with E-state index in [9.17, 15) is 24.3 Å². The number of thioether (sulfide) groups is 1. The highest BCUT2D eigenvalue weighted by Crippen LogP contribution is 2.25. The number of hydrogen-bond acceptors (Lipinski definition) is 8. The van der Waals surface area contributed by atoms with Crippen molar-refractivity contribution in [2.45, 2.75) is 63.0 Å². The number of nitrogens with zero attached hydrogens (tertiary/aromatic N) is 2. The lowest BCUT2D eigenvalue weighted by Gasteiger charge is -2.30. The molecule has 29 heavy (non-hydrogen) atoms. The summed E-state index contributed by atoms with van der Waals surface area (Å²) < 4.78 is 0. The molecule has 0 saturated carbocycles. The van der Waals surface area contributed by atoms with Crippen LogP contribution >= 0.6 is 11.8 Å². The third-order valence-electron chi connectivity index (χ3n) is 4.95. The number of carbonyl (C=O) groups excluding carboxylic acids is 4. The number of likely N-dealkylation sites (tertiary alicyclic amines) is 1. The predicted octanol–water partition coefficient (Wildman–Crippen LogP) is -0.290. The van der Waals surface area contributed by atoms with Crippen LogP contribution in [-0.2, 0) is 19.2 Å². The van der Waals surface area contributed by atoms with Crippen molar-refractivity contribution < 1.29 is 24.3 Å². The molecule has 0 spiro atoms. The van der Waals surface area contributed by atoms with E-state index in [-0.39, 0.29) is 41.6 Å². The zero-order chi connectivity index (χ0) is 22.0. The Morgan fingerprint density at radius 2 is 2.03 bits per heavy atom. The predicted molar refractivity (Wildman–Crippen MR) is 112 cm³/mol. The van der Waals surface area contributed by atoms with Gasteiger partial charge in [0.2, 0.25) is 17.7 Å². The van der Waals surface area contributed by atoms with Crippen LogP contribution in [0.25, 0.3) is 0 Å². The van der Waals surface area contributed by atoms with Gasteiger partial charge in [0.05, 0.1) is 11.3 Å². The summed E-state index contributed by atoms with van der Waals surface area (Å²) in [6.45, 7) is 2.04. The Balaban J connectivity index is 2.33. The van der Waals surface area contributed by atoms with Gasteiger partial charge in [0, 0.05) is 33.0 Å². The molecule has 0 aromatic rings. The molecular weight excluding hydrogens is 396 g/mol. The molecule has 3 atom stereocenters. The average molecular weight is 431 g/mol. The molecule has 166 valence electrons. The Morgan fingerprint density at radius 3 is 2.59 bits per heavy atom. The van der Waals surface area contributed by atoms with Crippen LogP contribution in [-0.4, -0.2) is 88.9 Å². The van der Waals surface area contributed by atoms with E-state index >= 15 is 0 Å². The quantitative estimate of drug-likeness (QED) is 0.195. The maximum Gasteiger partial charge on any atom is 0.242 e. The van der Waals surface area contributed by atoms with Crippen molar-refractivity contribution in [2.24, 2.45) is 5.73 Å². The van der Waals surface area contributed by atoms with Crippen molar-refractivity contribution in [1.82, 2.24) is 15.1 Å². The molecule has 1 heterocycles. The molecule has 9 nitrogen and oxygen atoms in total. The van der Waals surface area contributed by atoms with Gasteiger partial charge in [-0.15, -0.1) is 11.8 Å². The summed E-state index contributed by atoms with van der Waals surface area (Å²) in [5.41, 5.74) is 5.40. The average Bonchev–Trinajstić information content (AvgIpc) is 2.92. The second-order valence-electron chi connectivity index (χ2n) is 7.35. The highest BCUT2D eigenvalue weighted by Gasteiger charge is 2.36. The number of likely N-dealkylation sites (N-methyl/N-ethyl adjacent to an activating group) is 1. The number of carbonyl (C=O) groups is 4. The number of hydrogen-bond donors (Lipinski definition) is 3. The summed E-state index contributed by atoms with van der Waals surface area (Å²) in [4.78, 5) is 49.8. The fourth-order valence-corrected chi connectivity index (χ4v) is 4.32. The van der Waals surface area contributed by atoms with E-state index in [1.54, 1.807) is 7.05 Å². The zero-order valence-corrected chi connectivity index (χ0v) is 18.4. The first-order valence-corrected chi connectivity index (χ1v) is 11.0. The third-order valence-corrected chi connectivity index (χ3v) is 6.25. The minimum absolute atomic E-state index is 0.0309. The number of unbranched alkanes of at least 4 members (excludes halogenated alkanes) is 2. The zero-order valence-electron chi connectivity index (χ0n) is 17.6. The maximum atomic E-state index is 12.3. The Labute approximate surface area is 176 Å². The fourth-order valence-electron chi connectivity index (χ4n) is 3.10. The number of aliphatic hydroxyl groups excluding tert-OH is 1. The van der Waals surface area contributed by atoms with E-state index in [0.29, 0.717) is 19.5 Å². The first-order chi connectivity index (χ1) is 13.7. The van der Waals surface area contributed by atoms with Crippen LogP contribution in [0.15, 0.2) is 0 Å². The van der Waals surface area contributed by atoms with Crippen LogP contribution in [0.1, 0.15) is 45.4 Å². The lowest BCUT2D eigenvalue weighted by molar-refractivity contribution is -0.136. The largest absolute Gasteiger partial charge is 0.378 e. The van der Waals surface area contributed by atoms with Crippen LogP contribution in [0.2, 0.25) is 0 Å². The standard InChI is InChI=1S/C19H34N4O5S/c1-13(24)11-14(18(27)21-9-8-20)22(2)16(25)7-5-4-6-10-29-15-12-17(26)23(3)19(15)28/h14-16,25H,4-12,20H2,1-3H3,(H,21,27). The van der Waals surface area contributed by atoms with Gasteiger partial charge in [-0.1, -0.05) is 6.42 Å². The molecule has 1 aliphatic rings. The summed E-state index contributed by atoms with van der Waals surface area (Å²) in [6, 6.07) is -0.729. The third kappa shape index (κ3) is 8.41. The van der Waals surface area contributed by atoms with Crippen molar-refractivity contribution in [1.29, 1.82) is 0 Å². The van der Waals surface area contributed by atoms with E-state index in [1.165, 1.54) is 35.5 Å². The molecule has 4 N–H and O–H groups in total. The van der Waals surface area contributed by atoms with E-state index in [0.717, 1.165) is 25.0 Å². The molecule has 0 bridgehead atoms. The molecule has 0 radical (unpaired) electrons. The van der Waals surface area contributed by atoms with E-state index in [2.05, 4.69) is 5.32 Å². The van der Waals surface area contributed by atoms with Crippen molar-refractivity contribution in [3.8, 4) is 0 Å². The Kier molecular flexibility index (Phi) is 11.4. The molecule has 0 aliphatic carbocycles. The Bertz CT molecular complexity index is 589. The second-order valence-corrected chi connectivity index (χ2v) is 8.66. The van der Waals surface area contributed by atoms with Gasteiger partial charge in [0.25, 0.3) is 0 Å². The van der Waals surface area contributed by atoms with Crippen molar-refractivity contribution in [3.05, 3.63) is 0 Å². The maximum absolute atomic E-state index is 12.3. The molecule has 1 fully saturated rings. The fraction of sp³-hybridized carbons (Fsp3) is 0.789. The van der Waals surface area contributed by atoms with Gasteiger partial charge in [0.1, 0.15) is 12.0 Å². The van der Waals surface area contributed by atoms with Crippen LogP contribution in [0.4, 0.5) is 0 Å². The lowest BCUT2D eigenvalue weighted by atomic mass is 10.1. The van der Waals surface area contributed by atoms with Crippen LogP contribution in [0.5, 0.6) is 0 Å². The van der Waals surface area contributed by atoms with Crippen molar-refractivity contribution in [2.75, 3.05) is 32.9 Å². The summed E-state index contributed by atoms with van der Waals surface area (Å²) in [6.07, 6.45) is 2.43. The normalized spacial score (nSPS) is 19.0. The highest BCUT2D eigenvalue weighted by atomic mass is 32.2. The molecule has 10 heteroatoms. The van der Waals surface area contributed by atoms with Gasteiger partial charge < -0.3 is 16.2 Å². The van der Waals surface area contributed by atoms with E-state index in [4.69, 9.17) is 5.73 Å². The van der Waals surface area contributed by atoms with Crippen LogP contribution in [0, 0.1) is 0 Å². The number of nitrogens with two attached hydrogens (primary N) is 1. The van der Waals surface area contributed by atoms with Crippen LogP contribution < -0.4 is 11.1 Å². The van der Waals surface area contributed by atoms with Crippen molar-refractivity contribution >= 4 is 35.3 Å². The van der Waals surface area contributed by atoms with Crippen LogP contribution in [0.3, 0.4) is 0 Å². The lowest BCUT2D eigenvalue weighted by Crippen LogP contribution is -2.50. The van der Waals surface area contributed by atoms with Crippen molar-refractivity contribution in [3.63, 3.8) is 0 Å². The summed E-state index contributed by atoms with van der Waals surface area (Å²) in [5, 5.41) is 12.8. The number of ketones is 1. The molecule has 0 aromatic carbocycles. The number of rotatable bonds is 14. The molecular formula is C19H34N4O5S. The number of Topliss-reactive ketones (excluding diaryl/α,β-unsaturated/α-hetero) is 1. The first kappa shape index (κ1) is 25.5. The first-order valence-electron chi connectivity index (χ1n) is 9.98. The Hall–Kier alpha value is -1.49. The van der Waals surface area contributed by atoms with Gasteiger partial charge >= 0.3 is 0 Å². The van der Waals surface area contributed by atoms with Gasteiger partial charge in [-0.25, -0.2) is 0 Å². The number of nitrogens with one attached hydrogen (secondary N) is 1. The summed E-state index contributed by atoms with van der Waals surface area (Å²) in [7, 11) is 3.15. The van der Waals surface area contributed by atoms with E-state index in [1.807, 2.05) is 0 Å². The smallest absolute Gasteiger partial charge is 0.242 e. The number of amides is 3. The molecule has 1 aliphatic heterocycles. The van der Waals surface area contributed by atoms with Gasteiger partial charge in [-0.3, -0.25) is 29.0 Å². The summed E-state index contributed by atoms with van der Waals surface area (Å²) >= 11 is 1.50. The Morgan fingerprint density at radius 1 is 1.34 bits per heavy atom. The SMILES string of the molecule is CC(=O)CC(C(=O)NCCN)N(C)C(O)CCCCCSC1CC(=O)N(C)C1=O. The van der Waals surface area contributed by atoms with Gasteiger partial charge in [0.15, 0.2) is 0 Å². The summed E-state index contributed by atoms with van der Waals surface area (Å²) in [5.74, 6) is 0.0809. The van der Waals surface area contributed by atoms with E-state index < -0.39 is 12.3 Å². The topological polar surface area (TPSA) is 133 Å². The van der Waals surface area contributed by atoms with Gasteiger partial charge in [-0.05, 0) is 39.0 Å². The molecule has 1 saturated heterocycles. The molecule has 3 unspecified atom stereocenters. The molecule has 0 aromatic heterocycles. The van der Waals surface area contributed by atoms with Gasteiger partial charge in [-0.2, -0.15) is 0 Å².